The number of aromatic nitrogens is 2. The van der Waals surface area contributed by atoms with Gasteiger partial charge in [0.15, 0.2) is 13.3 Å². The van der Waals surface area contributed by atoms with E-state index in [1.165, 1.54) is 30.0 Å². The Hall–Kier alpha value is -2.29. The van der Waals surface area contributed by atoms with Crippen LogP contribution in [0.25, 0.3) is 10.9 Å². The summed E-state index contributed by atoms with van der Waals surface area (Å²) in [4.78, 5) is 16.0. The van der Waals surface area contributed by atoms with Gasteiger partial charge in [-0.25, -0.2) is 20.6 Å². The number of anilines is 1. The number of benzene rings is 1. The van der Waals surface area contributed by atoms with Gasteiger partial charge in [0.1, 0.15) is 13.1 Å². The smallest absolute Gasteiger partial charge is 0.359 e. The number of hydrogen-bond acceptors (Lipinski definition) is 5. The third kappa shape index (κ3) is 5.20. The highest BCUT2D eigenvalue weighted by Gasteiger charge is 2.22. The van der Waals surface area contributed by atoms with Crippen molar-refractivity contribution in [1.29, 1.82) is 0 Å². The maximum atomic E-state index is 5.43. The maximum absolute atomic E-state index is 5.43. The Morgan fingerprint density at radius 1 is 1.17 bits per heavy atom. The van der Waals surface area contributed by atoms with Crippen LogP contribution < -0.4 is 25.4 Å². The molecule has 8 nitrogen and oxygen atoms in total. The molecule has 8 heteroatoms. The van der Waals surface area contributed by atoms with Crippen LogP contribution in [0.5, 0.6) is 0 Å². The van der Waals surface area contributed by atoms with Crippen molar-refractivity contribution in [3.05, 3.63) is 29.5 Å². The first-order valence-corrected chi connectivity index (χ1v) is 10.8. The van der Waals surface area contributed by atoms with Gasteiger partial charge in [-0.1, -0.05) is 13.0 Å². The van der Waals surface area contributed by atoms with Crippen LogP contribution in [0, 0.1) is 6.92 Å². The number of fused-ring (bicyclic) bond motifs is 1. The summed E-state index contributed by atoms with van der Waals surface area (Å²) in [5, 5.41) is 7.88. The second kappa shape index (κ2) is 9.47. The first-order valence-electron chi connectivity index (χ1n) is 10.8. The molecular weight excluding hydrogens is 366 g/mol. The molecule has 0 amide bonds. The topological polar surface area (TPSA) is 81.9 Å². The molecule has 0 saturated carbocycles. The molecule has 2 aliphatic rings. The van der Waals surface area contributed by atoms with E-state index in [2.05, 4.69) is 50.7 Å². The zero-order valence-corrected chi connectivity index (χ0v) is 17.6. The van der Waals surface area contributed by atoms with Gasteiger partial charge >= 0.3 is 5.96 Å². The molecule has 2 aliphatic heterocycles. The van der Waals surface area contributed by atoms with Crippen LogP contribution in [0.15, 0.2) is 18.2 Å². The average Bonchev–Trinajstić information content (AvgIpc) is 2.75. The molecule has 0 spiro atoms. The fraction of sp³-hybridized carbons (Fsp3) is 0.571. The van der Waals surface area contributed by atoms with Gasteiger partial charge in [-0.3, -0.25) is 4.90 Å². The van der Waals surface area contributed by atoms with Crippen LogP contribution >= 0.6 is 0 Å². The Labute approximate surface area is 172 Å². The largest absolute Gasteiger partial charge is 0.370 e. The van der Waals surface area contributed by atoms with E-state index in [-0.39, 0.29) is 0 Å². The number of nitrogens with one attached hydrogen (secondary N) is 5. The summed E-state index contributed by atoms with van der Waals surface area (Å²) in [5.74, 6) is 1.52. The van der Waals surface area contributed by atoms with Gasteiger partial charge in [-0.2, -0.15) is 4.98 Å². The van der Waals surface area contributed by atoms with Crippen LogP contribution in [0.3, 0.4) is 0 Å². The normalized spacial score (nSPS) is 20.3. The van der Waals surface area contributed by atoms with Crippen molar-refractivity contribution < 1.29 is 19.5 Å². The monoisotopic (exact) mass is 400 g/mol. The summed E-state index contributed by atoms with van der Waals surface area (Å²) in [6.07, 6.45) is 2.26. The number of hydrogen-bond donors (Lipinski definition) is 5. The SMILES string of the molecule is CCc1ccc2nc(NC3=[NH+]C[NH+](CCC[NH+]4CCOCC4)CN3)nc(C)c2c1. The number of nitrogens with zero attached hydrogens (tertiary/aromatic N) is 2. The maximum Gasteiger partial charge on any atom is 0.359 e. The minimum Gasteiger partial charge on any atom is -0.370 e. The van der Waals surface area contributed by atoms with Crippen LogP contribution in [0.2, 0.25) is 0 Å². The number of aryl methyl sites for hydroxylation is 2. The van der Waals surface area contributed by atoms with Crippen LogP contribution in [0.4, 0.5) is 5.95 Å². The van der Waals surface area contributed by atoms with Crippen LogP contribution in [-0.2, 0) is 11.2 Å². The van der Waals surface area contributed by atoms with E-state index in [4.69, 9.17) is 4.74 Å². The summed E-state index contributed by atoms with van der Waals surface area (Å²) in [6, 6.07) is 6.42. The van der Waals surface area contributed by atoms with Crippen LogP contribution in [-0.4, -0.2) is 68.7 Å². The summed E-state index contributed by atoms with van der Waals surface area (Å²) in [5.41, 5.74) is 3.29. The van der Waals surface area contributed by atoms with Crippen molar-refractivity contribution in [1.82, 2.24) is 15.3 Å². The Morgan fingerprint density at radius 2 is 2.00 bits per heavy atom. The second-order valence-electron chi connectivity index (χ2n) is 8.01. The molecule has 1 aromatic heterocycles. The standard InChI is InChI=1S/C21H31N7O/c1-3-17-5-6-19-18(13-17)16(2)24-21(25-19)26-20-22-14-28(15-23-20)8-4-7-27-9-11-29-12-10-27/h5-6,13H,3-4,7-12,14-15H2,1-2H3,(H2,22,23,24,25,26)/p+3. The highest BCUT2D eigenvalue weighted by atomic mass is 16.5. The molecule has 0 radical (unpaired) electrons. The Morgan fingerprint density at radius 3 is 2.76 bits per heavy atom. The Kier molecular flexibility index (Phi) is 6.53. The predicted octanol–water partition coefficient (Wildman–Crippen LogP) is -2.94. The fourth-order valence-corrected chi connectivity index (χ4v) is 4.03. The van der Waals surface area contributed by atoms with E-state index >= 15 is 0 Å². The molecule has 2 aromatic rings. The van der Waals surface area contributed by atoms with Crippen molar-refractivity contribution in [3.63, 3.8) is 0 Å². The lowest BCUT2D eigenvalue weighted by Crippen LogP contribution is -3.24. The Balaban J connectivity index is 1.30. The first-order chi connectivity index (χ1) is 14.2. The molecule has 1 saturated heterocycles. The number of guanidine groups is 1. The molecule has 1 unspecified atom stereocenters. The van der Waals surface area contributed by atoms with Gasteiger partial charge < -0.3 is 9.64 Å². The Bertz CT molecular complexity index is 863. The van der Waals surface area contributed by atoms with Crippen molar-refractivity contribution >= 4 is 22.8 Å². The molecule has 1 aromatic carbocycles. The van der Waals surface area contributed by atoms with Crippen molar-refractivity contribution in [2.24, 2.45) is 0 Å². The lowest BCUT2D eigenvalue weighted by atomic mass is 10.1. The van der Waals surface area contributed by atoms with E-state index < -0.39 is 0 Å². The zero-order chi connectivity index (χ0) is 20.1. The summed E-state index contributed by atoms with van der Waals surface area (Å²) < 4.78 is 5.43. The first kappa shape index (κ1) is 20.0. The molecule has 0 aliphatic carbocycles. The van der Waals surface area contributed by atoms with Crippen molar-refractivity contribution in [3.8, 4) is 0 Å². The molecule has 0 bridgehead atoms. The number of quaternary nitrogens is 2. The molecule has 29 heavy (non-hydrogen) atoms. The molecular formula is C21H34N7O+3. The molecule has 5 N–H and O–H groups in total. The fourth-order valence-electron chi connectivity index (χ4n) is 4.03. The predicted molar refractivity (Wildman–Crippen MR) is 113 cm³/mol. The van der Waals surface area contributed by atoms with Gasteiger partial charge in [-0.15, -0.1) is 0 Å². The molecule has 1 fully saturated rings. The zero-order valence-electron chi connectivity index (χ0n) is 17.6. The number of morpholine rings is 1. The summed E-state index contributed by atoms with van der Waals surface area (Å²) in [6.45, 7) is 12.6. The molecule has 1 atom stereocenters. The van der Waals surface area contributed by atoms with E-state index in [0.29, 0.717) is 5.95 Å². The van der Waals surface area contributed by atoms with E-state index in [1.807, 2.05) is 6.92 Å². The van der Waals surface area contributed by atoms with Gasteiger partial charge in [0.2, 0.25) is 0 Å². The molecule has 156 valence electrons. The van der Waals surface area contributed by atoms with Gasteiger partial charge in [-0.05, 0) is 31.0 Å². The minimum atomic E-state index is 0.633. The van der Waals surface area contributed by atoms with Crippen LogP contribution in [0.1, 0.15) is 24.6 Å². The van der Waals surface area contributed by atoms with E-state index in [9.17, 15) is 0 Å². The van der Waals surface area contributed by atoms with E-state index in [0.717, 1.165) is 68.6 Å². The minimum absolute atomic E-state index is 0.633. The third-order valence-corrected chi connectivity index (χ3v) is 5.89. The lowest BCUT2D eigenvalue weighted by molar-refractivity contribution is -0.984. The summed E-state index contributed by atoms with van der Waals surface area (Å²) >= 11 is 0. The molecule has 4 rings (SSSR count). The summed E-state index contributed by atoms with van der Waals surface area (Å²) in [7, 11) is 0. The van der Waals surface area contributed by atoms with Gasteiger partial charge in [0, 0.05) is 11.8 Å². The highest BCUT2D eigenvalue weighted by Crippen LogP contribution is 2.19. The third-order valence-electron chi connectivity index (χ3n) is 5.89. The molecule has 3 heterocycles. The second-order valence-corrected chi connectivity index (χ2v) is 8.01. The van der Waals surface area contributed by atoms with E-state index in [1.54, 1.807) is 4.90 Å². The van der Waals surface area contributed by atoms with Gasteiger partial charge in [0.25, 0.3) is 5.95 Å². The van der Waals surface area contributed by atoms with Crippen molar-refractivity contribution in [2.75, 3.05) is 58.0 Å². The number of ether oxygens (including phenoxy) is 1. The number of rotatable bonds is 6. The lowest BCUT2D eigenvalue weighted by Gasteiger charge is -2.25. The highest BCUT2D eigenvalue weighted by molar-refractivity contribution is 5.89. The van der Waals surface area contributed by atoms with Gasteiger partial charge in [0.05, 0.1) is 37.5 Å². The quantitative estimate of drug-likeness (QED) is 0.359. The average molecular weight is 401 g/mol. The van der Waals surface area contributed by atoms with Crippen molar-refractivity contribution in [2.45, 2.75) is 26.7 Å².